The fraction of sp³-hybridized carbons (Fsp3) is 0.303. The van der Waals surface area contributed by atoms with Gasteiger partial charge in [-0.05, 0) is 86.4 Å². The van der Waals surface area contributed by atoms with Crippen molar-refractivity contribution in [1.29, 1.82) is 0 Å². The lowest BCUT2D eigenvalue weighted by molar-refractivity contribution is 0.0887. The van der Waals surface area contributed by atoms with E-state index in [2.05, 4.69) is 39.8 Å². The summed E-state index contributed by atoms with van der Waals surface area (Å²) in [6, 6.07) is 18.5. The second kappa shape index (κ2) is 13.0. The van der Waals surface area contributed by atoms with Crippen molar-refractivity contribution in [2.75, 3.05) is 0 Å². The highest BCUT2D eigenvalue weighted by Gasteiger charge is 2.26. The summed E-state index contributed by atoms with van der Waals surface area (Å²) in [5, 5.41) is 10.3. The number of aryl methyl sites for hydroxylation is 3. The number of nitrogens with zero attached hydrogens (tertiary/aromatic N) is 3. The molecule has 5 rings (SSSR count). The first-order valence-corrected chi connectivity index (χ1v) is 14.2. The fourth-order valence-electron chi connectivity index (χ4n) is 5.21. The first-order valence-electron chi connectivity index (χ1n) is 14.2. The zero-order valence-electron chi connectivity index (χ0n) is 23.9. The maximum atomic E-state index is 14.2. The summed E-state index contributed by atoms with van der Waals surface area (Å²) in [6.07, 6.45) is 5.50. The third-order valence-electron chi connectivity index (χ3n) is 7.58. The van der Waals surface area contributed by atoms with E-state index in [-0.39, 0.29) is 29.4 Å². The van der Waals surface area contributed by atoms with Crippen LogP contribution in [-0.2, 0) is 13.5 Å². The Hall–Kier alpha value is -4.53. The molecule has 42 heavy (non-hydrogen) atoms. The van der Waals surface area contributed by atoms with Crippen molar-refractivity contribution in [2.45, 2.75) is 57.5 Å². The molecule has 1 radical (unpaired) electrons. The van der Waals surface area contributed by atoms with E-state index in [1.165, 1.54) is 5.56 Å². The highest BCUT2D eigenvalue weighted by atomic mass is 19.1. The number of aromatic nitrogens is 3. The molecule has 2 N–H and O–H groups in total. The van der Waals surface area contributed by atoms with E-state index >= 15 is 0 Å². The minimum Gasteiger partial charge on any atom is -0.438 e. The van der Waals surface area contributed by atoms with Crippen LogP contribution in [0.3, 0.4) is 0 Å². The normalized spacial score (nSPS) is 16.6. The average molecular weight is 569 g/mol. The van der Waals surface area contributed by atoms with Gasteiger partial charge in [-0.3, -0.25) is 14.3 Å². The Morgan fingerprint density at radius 3 is 2.31 bits per heavy atom. The maximum absolute atomic E-state index is 14.2. The first kappa shape index (κ1) is 29.0. The first-order chi connectivity index (χ1) is 20.3. The van der Waals surface area contributed by atoms with E-state index in [0.29, 0.717) is 37.1 Å². The van der Waals surface area contributed by atoms with Crippen LogP contribution in [0.15, 0.2) is 66.9 Å². The minimum atomic E-state index is -0.625. The quantitative estimate of drug-likeness (QED) is 0.260. The molecule has 0 bridgehead atoms. The third-order valence-corrected chi connectivity index (χ3v) is 7.58. The molecule has 8 nitrogen and oxygen atoms in total. The van der Waals surface area contributed by atoms with Gasteiger partial charge in [0.05, 0.1) is 6.20 Å². The highest BCUT2D eigenvalue weighted by Crippen LogP contribution is 2.29. The largest absolute Gasteiger partial charge is 0.438 e. The van der Waals surface area contributed by atoms with Crippen molar-refractivity contribution in [1.82, 2.24) is 25.4 Å². The topological polar surface area (TPSA) is 98.1 Å². The molecule has 1 aliphatic rings. The monoisotopic (exact) mass is 568 g/mol. The number of rotatable bonds is 9. The molecular weight excluding hydrogens is 533 g/mol. The molecule has 0 atom stereocenters. The number of amides is 2. The van der Waals surface area contributed by atoms with Crippen molar-refractivity contribution >= 4 is 11.8 Å². The minimum absolute atomic E-state index is 0.00527. The molecule has 4 aromatic rings. The number of benzene rings is 2. The predicted octanol–water partition coefficient (Wildman–Crippen LogP) is 5.96. The number of nitrogens with one attached hydrogen (secondary N) is 2. The molecule has 1 saturated carbocycles. The Bertz CT molecular complexity index is 1560. The Morgan fingerprint density at radius 1 is 0.976 bits per heavy atom. The maximum Gasteiger partial charge on any atom is 0.272 e. The summed E-state index contributed by atoms with van der Waals surface area (Å²) in [5.41, 5.74) is 4.52. The van der Waals surface area contributed by atoms with Gasteiger partial charge in [0.15, 0.2) is 0 Å². The van der Waals surface area contributed by atoms with Crippen LogP contribution in [0.5, 0.6) is 11.6 Å². The predicted molar refractivity (Wildman–Crippen MR) is 159 cm³/mol. The van der Waals surface area contributed by atoms with Gasteiger partial charge in [0, 0.05) is 24.8 Å². The Labute approximate surface area is 245 Å². The van der Waals surface area contributed by atoms with Gasteiger partial charge < -0.3 is 15.4 Å². The number of carbonyl (C=O) groups is 2. The van der Waals surface area contributed by atoms with Gasteiger partial charge in [-0.2, -0.15) is 5.10 Å². The van der Waals surface area contributed by atoms with E-state index in [1.807, 2.05) is 37.3 Å². The molecule has 0 aliphatic heterocycles. The van der Waals surface area contributed by atoms with Crippen molar-refractivity contribution in [3.05, 3.63) is 102 Å². The molecule has 2 aromatic carbocycles. The Morgan fingerprint density at radius 2 is 1.64 bits per heavy atom. The number of hydrogen-bond donors (Lipinski definition) is 2. The molecular formula is C33H35FN5O3. The molecule has 1 fully saturated rings. The van der Waals surface area contributed by atoms with Crippen LogP contribution in [0.25, 0.3) is 11.1 Å². The summed E-state index contributed by atoms with van der Waals surface area (Å²) < 4.78 is 21.9. The average Bonchev–Trinajstić information content (AvgIpc) is 3.33. The van der Waals surface area contributed by atoms with E-state index in [0.717, 1.165) is 41.9 Å². The summed E-state index contributed by atoms with van der Waals surface area (Å²) in [7, 11) is 1.80. The summed E-state index contributed by atoms with van der Waals surface area (Å²) in [5.74, 6) is -0.759. The van der Waals surface area contributed by atoms with E-state index in [4.69, 9.17) is 4.74 Å². The molecule has 2 heterocycles. The lowest BCUT2D eigenvalue weighted by Gasteiger charge is -2.29. The molecule has 1 aliphatic carbocycles. The van der Waals surface area contributed by atoms with Crippen LogP contribution >= 0.6 is 0 Å². The van der Waals surface area contributed by atoms with Crippen LogP contribution in [0.4, 0.5) is 4.39 Å². The van der Waals surface area contributed by atoms with Crippen molar-refractivity contribution in [3.8, 4) is 22.8 Å². The summed E-state index contributed by atoms with van der Waals surface area (Å²) in [6.45, 7) is 5.83. The van der Waals surface area contributed by atoms with Gasteiger partial charge in [0.2, 0.25) is 5.88 Å². The van der Waals surface area contributed by atoms with E-state index < -0.39 is 11.7 Å². The van der Waals surface area contributed by atoms with Gasteiger partial charge in [-0.15, -0.1) is 0 Å². The molecule has 2 aromatic heterocycles. The lowest BCUT2D eigenvalue weighted by Crippen LogP contribution is -2.44. The number of hydrogen-bond acceptors (Lipinski definition) is 5. The van der Waals surface area contributed by atoms with Crippen molar-refractivity contribution in [3.63, 3.8) is 0 Å². The third kappa shape index (κ3) is 7.02. The highest BCUT2D eigenvalue weighted by molar-refractivity contribution is 5.96. The number of ether oxygens (including phenoxy) is 1. The van der Waals surface area contributed by atoms with Gasteiger partial charge in [-0.25, -0.2) is 9.37 Å². The van der Waals surface area contributed by atoms with Crippen LogP contribution in [-0.4, -0.2) is 38.7 Å². The second-order valence-electron chi connectivity index (χ2n) is 10.7. The SMILES string of the molecule is [CH2]CCc1cccc(-c2cccc(Oc3ncc(F)cc3C(=O)NC3CCC(NC(=O)c4cc(C)n(C)n4)CC3)c2)c1. The van der Waals surface area contributed by atoms with E-state index in [9.17, 15) is 14.0 Å². The summed E-state index contributed by atoms with van der Waals surface area (Å²) in [4.78, 5) is 29.9. The fourth-order valence-corrected chi connectivity index (χ4v) is 5.21. The summed E-state index contributed by atoms with van der Waals surface area (Å²) >= 11 is 0. The van der Waals surface area contributed by atoms with Gasteiger partial charge in [-0.1, -0.05) is 43.3 Å². The molecule has 0 saturated heterocycles. The zero-order valence-corrected chi connectivity index (χ0v) is 23.9. The van der Waals surface area contributed by atoms with Crippen LogP contribution in [0, 0.1) is 19.7 Å². The number of carbonyl (C=O) groups excluding carboxylic acids is 2. The number of pyridine rings is 1. The smallest absolute Gasteiger partial charge is 0.272 e. The van der Waals surface area contributed by atoms with Gasteiger partial charge in [0.25, 0.3) is 11.8 Å². The molecule has 217 valence electrons. The van der Waals surface area contributed by atoms with Crippen molar-refractivity contribution in [2.24, 2.45) is 7.05 Å². The standard InChI is InChI=1S/C33H35FN5O3/c1-4-7-22-8-5-9-23(17-22)24-10-6-11-28(18-24)42-33-29(19-25(34)20-35-33)31(40)36-26-12-14-27(15-13-26)37-32(41)30-16-21(2)39(3)38-30/h5-6,8-11,16-20,26-27H,1,4,7,12-15H2,2-3H3,(H,36,40)(H,37,41). The molecule has 0 spiro atoms. The molecule has 0 unspecified atom stereocenters. The lowest BCUT2D eigenvalue weighted by atomic mass is 9.91. The van der Waals surface area contributed by atoms with E-state index in [1.54, 1.807) is 23.9 Å². The second-order valence-corrected chi connectivity index (χ2v) is 10.7. The van der Waals surface area contributed by atoms with Gasteiger partial charge >= 0.3 is 0 Å². The zero-order chi connectivity index (χ0) is 29.6. The molecule has 2 amide bonds. The van der Waals surface area contributed by atoms with Crippen LogP contribution in [0.1, 0.15) is 64.2 Å². The van der Waals surface area contributed by atoms with Crippen molar-refractivity contribution < 1.29 is 18.7 Å². The molecule has 9 heteroatoms. The van der Waals surface area contributed by atoms with Crippen LogP contribution < -0.4 is 15.4 Å². The Balaban J connectivity index is 1.22. The van der Waals surface area contributed by atoms with Crippen LogP contribution in [0.2, 0.25) is 0 Å². The van der Waals surface area contributed by atoms with Gasteiger partial charge in [0.1, 0.15) is 22.8 Å². The Kier molecular flexibility index (Phi) is 8.95. The number of halogens is 1.